The number of nitrogens with zero attached hydrogens (tertiary/aromatic N) is 1. The second kappa shape index (κ2) is 7.34. The zero-order valence-corrected chi connectivity index (χ0v) is 11.9. The average Bonchev–Trinajstić information content (AvgIpc) is 2.40. The van der Waals surface area contributed by atoms with Gasteiger partial charge in [0.05, 0.1) is 5.02 Å². The number of nitrogens with one attached hydrogen (secondary N) is 1. The summed E-state index contributed by atoms with van der Waals surface area (Å²) >= 11 is 7.76. The van der Waals surface area contributed by atoms with Crippen molar-refractivity contribution in [2.24, 2.45) is 0 Å². The van der Waals surface area contributed by atoms with Gasteiger partial charge in [-0.2, -0.15) is 11.8 Å². The monoisotopic (exact) mass is 288 g/mol. The van der Waals surface area contributed by atoms with Gasteiger partial charge in [-0.25, -0.2) is 4.39 Å². The number of halogens is 2. The van der Waals surface area contributed by atoms with E-state index in [1.807, 2.05) is 11.8 Å². The van der Waals surface area contributed by atoms with Crippen LogP contribution in [0.1, 0.15) is 5.56 Å². The van der Waals surface area contributed by atoms with Crippen LogP contribution in [0.15, 0.2) is 18.2 Å². The smallest absolute Gasteiger partial charge is 0.141 e. The highest BCUT2D eigenvalue weighted by molar-refractivity contribution is 7.99. The van der Waals surface area contributed by atoms with Crippen LogP contribution < -0.4 is 5.32 Å². The predicted octanol–water partition coefficient (Wildman–Crippen LogP) is 2.62. The fourth-order valence-corrected chi connectivity index (χ4v) is 3.13. The number of benzene rings is 1. The molecule has 0 aliphatic carbocycles. The van der Waals surface area contributed by atoms with Crippen LogP contribution in [0.5, 0.6) is 0 Å². The molecule has 0 amide bonds. The van der Waals surface area contributed by atoms with Crippen molar-refractivity contribution in [1.29, 1.82) is 0 Å². The summed E-state index contributed by atoms with van der Waals surface area (Å²) in [4.78, 5) is 2.47. The summed E-state index contributed by atoms with van der Waals surface area (Å²) in [6, 6.07) is 4.87. The maximum Gasteiger partial charge on any atom is 0.141 e. The maximum absolute atomic E-state index is 13.0. The molecule has 1 N–H and O–H groups in total. The van der Waals surface area contributed by atoms with Crippen LogP contribution in [-0.4, -0.2) is 42.6 Å². The number of thioether (sulfide) groups is 1. The van der Waals surface area contributed by atoms with Gasteiger partial charge < -0.3 is 10.2 Å². The first-order chi connectivity index (χ1) is 8.75. The van der Waals surface area contributed by atoms with Crippen LogP contribution >= 0.6 is 23.4 Å². The van der Waals surface area contributed by atoms with Crippen molar-refractivity contribution in [2.45, 2.75) is 6.54 Å². The molecule has 0 spiro atoms. The van der Waals surface area contributed by atoms with Gasteiger partial charge in [0.1, 0.15) is 5.82 Å². The molecule has 2 rings (SSSR count). The molecule has 0 aromatic heterocycles. The molecule has 2 nitrogen and oxygen atoms in total. The molecule has 1 fully saturated rings. The predicted molar refractivity (Wildman–Crippen MR) is 76.9 cm³/mol. The summed E-state index contributed by atoms with van der Waals surface area (Å²) in [6.45, 7) is 5.15. The first-order valence-corrected chi connectivity index (χ1v) is 7.74. The van der Waals surface area contributed by atoms with E-state index in [-0.39, 0.29) is 10.8 Å². The lowest BCUT2D eigenvalue weighted by molar-refractivity contribution is 0.301. The third kappa shape index (κ3) is 4.43. The van der Waals surface area contributed by atoms with Gasteiger partial charge in [0, 0.05) is 44.2 Å². The molecular formula is C13H18ClFN2S. The van der Waals surface area contributed by atoms with Crippen molar-refractivity contribution in [3.63, 3.8) is 0 Å². The molecule has 1 aromatic rings. The van der Waals surface area contributed by atoms with Crippen molar-refractivity contribution >= 4 is 23.4 Å². The number of hydrogen-bond donors (Lipinski definition) is 1. The Morgan fingerprint density at radius 1 is 1.33 bits per heavy atom. The van der Waals surface area contributed by atoms with E-state index in [0.717, 1.165) is 25.2 Å². The molecule has 1 aliphatic rings. The molecule has 1 heterocycles. The van der Waals surface area contributed by atoms with Crippen molar-refractivity contribution in [1.82, 2.24) is 10.2 Å². The SMILES string of the molecule is Fc1ccc(CNCCN2CCSCC2)cc1Cl. The van der Waals surface area contributed by atoms with Crippen molar-refractivity contribution in [3.8, 4) is 0 Å². The first kappa shape index (κ1) is 14.1. The van der Waals surface area contributed by atoms with Crippen LogP contribution in [0, 0.1) is 5.82 Å². The molecule has 0 atom stereocenters. The molecule has 1 aliphatic heterocycles. The third-order valence-electron chi connectivity index (χ3n) is 3.02. The Balaban J connectivity index is 1.66. The Labute approximate surface area is 117 Å². The summed E-state index contributed by atoms with van der Waals surface area (Å²) in [5.74, 6) is 2.13. The molecule has 0 radical (unpaired) electrons. The topological polar surface area (TPSA) is 15.3 Å². The molecule has 18 heavy (non-hydrogen) atoms. The molecule has 1 saturated heterocycles. The van der Waals surface area contributed by atoms with Crippen LogP contribution in [0.4, 0.5) is 4.39 Å². The largest absolute Gasteiger partial charge is 0.311 e. The second-order valence-corrected chi connectivity index (χ2v) is 6.01. The van der Waals surface area contributed by atoms with Crippen molar-refractivity contribution in [2.75, 3.05) is 37.7 Å². The van der Waals surface area contributed by atoms with Crippen LogP contribution in [0.25, 0.3) is 0 Å². The van der Waals surface area contributed by atoms with Crippen LogP contribution in [0.3, 0.4) is 0 Å². The minimum absolute atomic E-state index is 0.197. The standard InChI is InChI=1S/C13H18ClFN2S/c14-12-9-11(1-2-13(12)15)10-16-3-4-17-5-7-18-8-6-17/h1-2,9,16H,3-8,10H2. The molecular weight excluding hydrogens is 271 g/mol. The van der Waals surface area contributed by atoms with Gasteiger partial charge in [0.25, 0.3) is 0 Å². The van der Waals surface area contributed by atoms with E-state index in [1.54, 1.807) is 12.1 Å². The van der Waals surface area contributed by atoms with Gasteiger partial charge in [0.15, 0.2) is 0 Å². The minimum atomic E-state index is -0.355. The van der Waals surface area contributed by atoms with Gasteiger partial charge in [-0.3, -0.25) is 0 Å². The highest BCUT2D eigenvalue weighted by Gasteiger charge is 2.09. The Morgan fingerprint density at radius 3 is 2.83 bits per heavy atom. The van der Waals surface area contributed by atoms with E-state index in [2.05, 4.69) is 10.2 Å². The van der Waals surface area contributed by atoms with Gasteiger partial charge in [-0.1, -0.05) is 17.7 Å². The van der Waals surface area contributed by atoms with E-state index in [0.29, 0.717) is 0 Å². The van der Waals surface area contributed by atoms with Gasteiger partial charge >= 0.3 is 0 Å². The lowest BCUT2D eigenvalue weighted by atomic mass is 10.2. The Hall–Kier alpha value is -0.290. The van der Waals surface area contributed by atoms with Gasteiger partial charge in [0.2, 0.25) is 0 Å². The highest BCUT2D eigenvalue weighted by Crippen LogP contribution is 2.15. The average molecular weight is 289 g/mol. The molecule has 100 valence electrons. The first-order valence-electron chi connectivity index (χ1n) is 6.20. The minimum Gasteiger partial charge on any atom is -0.311 e. The van der Waals surface area contributed by atoms with Crippen LogP contribution in [-0.2, 0) is 6.54 Å². The van der Waals surface area contributed by atoms with Gasteiger partial charge in [-0.05, 0) is 17.7 Å². The normalized spacial score (nSPS) is 17.0. The van der Waals surface area contributed by atoms with E-state index >= 15 is 0 Å². The van der Waals surface area contributed by atoms with E-state index in [1.165, 1.54) is 30.7 Å². The maximum atomic E-state index is 13.0. The lowest BCUT2D eigenvalue weighted by Crippen LogP contribution is -2.37. The second-order valence-electron chi connectivity index (χ2n) is 4.38. The summed E-state index contributed by atoms with van der Waals surface area (Å²) in [5.41, 5.74) is 1.02. The van der Waals surface area contributed by atoms with E-state index in [4.69, 9.17) is 11.6 Å². The zero-order chi connectivity index (χ0) is 12.8. The molecule has 5 heteroatoms. The van der Waals surface area contributed by atoms with Crippen molar-refractivity contribution < 1.29 is 4.39 Å². The summed E-state index contributed by atoms with van der Waals surface area (Å²) in [6.07, 6.45) is 0. The Morgan fingerprint density at radius 2 is 2.11 bits per heavy atom. The number of hydrogen-bond acceptors (Lipinski definition) is 3. The molecule has 0 bridgehead atoms. The Bertz CT molecular complexity index is 383. The third-order valence-corrected chi connectivity index (χ3v) is 4.25. The molecule has 1 aromatic carbocycles. The summed E-state index contributed by atoms with van der Waals surface area (Å²) < 4.78 is 13.0. The zero-order valence-electron chi connectivity index (χ0n) is 10.3. The molecule has 0 unspecified atom stereocenters. The fraction of sp³-hybridized carbons (Fsp3) is 0.538. The Kier molecular flexibility index (Phi) is 5.76. The van der Waals surface area contributed by atoms with E-state index < -0.39 is 0 Å². The fourth-order valence-electron chi connectivity index (χ4n) is 1.94. The summed E-state index contributed by atoms with van der Waals surface area (Å²) in [5, 5.41) is 3.56. The number of rotatable bonds is 5. The van der Waals surface area contributed by atoms with E-state index in [9.17, 15) is 4.39 Å². The van der Waals surface area contributed by atoms with Crippen LogP contribution in [0.2, 0.25) is 5.02 Å². The summed E-state index contributed by atoms with van der Waals surface area (Å²) in [7, 11) is 0. The lowest BCUT2D eigenvalue weighted by Gasteiger charge is -2.26. The molecule has 0 saturated carbocycles. The van der Waals surface area contributed by atoms with Gasteiger partial charge in [-0.15, -0.1) is 0 Å². The van der Waals surface area contributed by atoms with Crippen molar-refractivity contribution in [3.05, 3.63) is 34.6 Å². The highest BCUT2D eigenvalue weighted by atomic mass is 35.5. The quantitative estimate of drug-likeness (QED) is 0.839.